The maximum absolute atomic E-state index is 12.7. The Kier molecular flexibility index (Phi) is 4.72. The summed E-state index contributed by atoms with van der Waals surface area (Å²) in [5.41, 5.74) is 5.80. The summed E-state index contributed by atoms with van der Waals surface area (Å²) in [6, 6.07) is 1.39. The Balaban J connectivity index is 2.32. The first-order chi connectivity index (χ1) is 9.75. The molecule has 21 heavy (non-hydrogen) atoms. The number of hydrogen-bond donors (Lipinski definition) is 2. The van der Waals surface area contributed by atoms with Crippen LogP contribution in [0, 0.1) is 12.8 Å². The van der Waals surface area contributed by atoms with Crippen molar-refractivity contribution in [2.45, 2.75) is 37.6 Å². The predicted octanol–water partition coefficient (Wildman–Crippen LogP) is 0.903. The van der Waals surface area contributed by atoms with Gasteiger partial charge in [0.2, 0.25) is 10.0 Å². The lowest BCUT2D eigenvalue weighted by molar-refractivity contribution is 0.0537. The van der Waals surface area contributed by atoms with E-state index in [-0.39, 0.29) is 16.8 Å². The number of piperidine rings is 1. The molecular weight excluding hydrogens is 310 g/mol. The van der Waals surface area contributed by atoms with Gasteiger partial charge in [-0.3, -0.25) is 4.79 Å². The molecule has 1 aromatic heterocycles. The highest BCUT2D eigenvalue weighted by Crippen LogP contribution is 2.29. The minimum absolute atomic E-state index is 0.00610. The van der Waals surface area contributed by atoms with Crippen molar-refractivity contribution in [3.63, 3.8) is 0 Å². The number of nitrogens with two attached hydrogens (primary N) is 2. The number of nitrogens with zero attached hydrogens (tertiary/aromatic N) is 1. The Morgan fingerprint density at radius 3 is 2.71 bits per heavy atom. The van der Waals surface area contributed by atoms with E-state index in [0.29, 0.717) is 28.8 Å². The van der Waals surface area contributed by atoms with Gasteiger partial charge in [0.25, 0.3) is 5.91 Å². The van der Waals surface area contributed by atoms with Crippen LogP contribution in [0.4, 0.5) is 0 Å². The summed E-state index contributed by atoms with van der Waals surface area (Å²) in [6.07, 6.45) is 1.99. The number of rotatable bonds is 3. The van der Waals surface area contributed by atoms with Crippen molar-refractivity contribution in [3.05, 3.63) is 15.8 Å². The smallest absolute Gasteiger partial charge is 0.264 e. The molecule has 4 N–H and O–H groups in total. The van der Waals surface area contributed by atoms with Crippen LogP contribution in [0.1, 0.15) is 34.3 Å². The van der Waals surface area contributed by atoms with Crippen LogP contribution in [0.15, 0.2) is 11.0 Å². The van der Waals surface area contributed by atoms with Gasteiger partial charge in [0.05, 0.1) is 9.77 Å². The number of primary sulfonamides is 1. The van der Waals surface area contributed by atoms with Gasteiger partial charge in [-0.1, -0.05) is 6.92 Å². The van der Waals surface area contributed by atoms with Crippen LogP contribution >= 0.6 is 11.3 Å². The fourth-order valence-electron chi connectivity index (χ4n) is 2.86. The van der Waals surface area contributed by atoms with Crippen molar-refractivity contribution >= 4 is 27.3 Å². The molecule has 1 aromatic rings. The minimum Gasteiger partial charge on any atom is -0.333 e. The summed E-state index contributed by atoms with van der Waals surface area (Å²) >= 11 is 1.17. The third-order valence-electron chi connectivity index (χ3n) is 4.01. The second-order valence-electron chi connectivity index (χ2n) is 5.50. The van der Waals surface area contributed by atoms with Crippen LogP contribution in [0.5, 0.6) is 0 Å². The standard InChI is InChI=1S/C13H21N3O3S2/c1-8-4-3-5-16(10(8)7-14)13(17)11-6-12(9(2)20-11)21(15,18)19/h6,8,10H,3-5,7,14H2,1-2H3,(H2,15,18,19)/t8-,10+/m1/s1. The Bertz CT molecular complexity index is 639. The van der Waals surface area contributed by atoms with Gasteiger partial charge in [-0.05, 0) is 31.7 Å². The summed E-state index contributed by atoms with van der Waals surface area (Å²) in [7, 11) is -3.79. The molecule has 1 fully saturated rings. The van der Waals surface area contributed by atoms with E-state index in [1.54, 1.807) is 11.8 Å². The van der Waals surface area contributed by atoms with E-state index >= 15 is 0 Å². The van der Waals surface area contributed by atoms with E-state index in [4.69, 9.17) is 10.9 Å². The molecule has 0 bridgehead atoms. The average molecular weight is 331 g/mol. The zero-order chi connectivity index (χ0) is 15.8. The Labute approximate surface area is 129 Å². The number of thiophene rings is 1. The van der Waals surface area contributed by atoms with Crippen molar-refractivity contribution in [1.82, 2.24) is 4.90 Å². The van der Waals surface area contributed by atoms with E-state index in [2.05, 4.69) is 6.92 Å². The molecule has 1 aliphatic rings. The van der Waals surface area contributed by atoms with Gasteiger partial charge in [-0.2, -0.15) is 0 Å². The maximum atomic E-state index is 12.7. The van der Waals surface area contributed by atoms with Gasteiger partial charge in [0, 0.05) is 24.0 Å². The number of amides is 1. The van der Waals surface area contributed by atoms with Crippen LogP contribution < -0.4 is 10.9 Å². The Morgan fingerprint density at radius 1 is 1.52 bits per heavy atom. The normalized spacial score (nSPS) is 23.3. The van der Waals surface area contributed by atoms with Crippen LogP contribution in [0.2, 0.25) is 0 Å². The van der Waals surface area contributed by atoms with Crippen molar-refractivity contribution in [3.8, 4) is 0 Å². The lowest BCUT2D eigenvalue weighted by Gasteiger charge is -2.39. The summed E-state index contributed by atoms with van der Waals surface area (Å²) in [5, 5.41) is 5.16. The SMILES string of the molecule is Cc1sc(C(=O)N2CCC[C@@H](C)[C@@H]2CN)cc1S(N)(=O)=O. The molecule has 0 aromatic carbocycles. The molecular formula is C13H21N3O3S2. The number of aryl methyl sites for hydroxylation is 1. The summed E-state index contributed by atoms with van der Waals surface area (Å²) in [4.78, 5) is 15.4. The van der Waals surface area contributed by atoms with Crippen molar-refractivity contribution in [2.75, 3.05) is 13.1 Å². The van der Waals surface area contributed by atoms with Gasteiger partial charge in [-0.25, -0.2) is 13.6 Å². The first-order valence-corrected chi connectivity index (χ1v) is 9.26. The third kappa shape index (κ3) is 3.28. The van der Waals surface area contributed by atoms with Gasteiger partial charge in [0.1, 0.15) is 0 Å². The number of hydrogen-bond acceptors (Lipinski definition) is 5. The summed E-state index contributed by atoms with van der Waals surface area (Å²) in [5.74, 6) is 0.200. The molecule has 2 atom stereocenters. The molecule has 6 nitrogen and oxygen atoms in total. The minimum atomic E-state index is -3.79. The predicted molar refractivity (Wildman–Crippen MR) is 82.7 cm³/mol. The summed E-state index contributed by atoms with van der Waals surface area (Å²) in [6.45, 7) is 4.82. The second-order valence-corrected chi connectivity index (χ2v) is 8.28. The molecule has 0 saturated carbocycles. The van der Waals surface area contributed by atoms with Crippen LogP contribution in [0.3, 0.4) is 0 Å². The van der Waals surface area contributed by atoms with Crippen molar-refractivity contribution < 1.29 is 13.2 Å². The van der Waals surface area contributed by atoms with Gasteiger partial charge < -0.3 is 10.6 Å². The van der Waals surface area contributed by atoms with E-state index < -0.39 is 10.0 Å². The Hall–Kier alpha value is -0.960. The van der Waals surface area contributed by atoms with Crippen LogP contribution in [-0.4, -0.2) is 38.4 Å². The monoisotopic (exact) mass is 331 g/mol. The third-order valence-corrected chi connectivity index (χ3v) is 6.21. The first-order valence-electron chi connectivity index (χ1n) is 6.90. The molecule has 2 rings (SSSR count). The summed E-state index contributed by atoms with van der Waals surface area (Å²) < 4.78 is 23.0. The number of carbonyl (C=O) groups excluding carboxylic acids is 1. The number of carbonyl (C=O) groups is 1. The Morgan fingerprint density at radius 2 is 2.19 bits per heavy atom. The number of likely N-dealkylation sites (tertiary alicyclic amines) is 1. The topological polar surface area (TPSA) is 106 Å². The lowest BCUT2D eigenvalue weighted by atomic mass is 9.90. The van der Waals surface area contributed by atoms with Crippen LogP contribution in [0.25, 0.3) is 0 Å². The van der Waals surface area contributed by atoms with Gasteiger partial charge in [-0.15, -0.1) is 11.3 Å². The molecule has 0 radical (unpaired) electrons. The maximum Gasteiger partial charge on any atom is 0.264 e. The van der Waals surface area contributed by atoms with Gasteiger partial charge in [0.15, 0.2) is 0 Å². The number of sulfonamides is 1. The highest BCUT2D eigenvalue weighted by atomic mass is 32.2. The highest BCUT2D eigenvalue weighted by molar-refractivity contribution is 7.89. The molecule has 8 heteroatoms. The van der Waals surface area contributed by atoms with Crippen LogP contribution in [-0.2, 0) is 10.0 Å². The fourth-order valence-corrected chi connectivity index (χ4v) is 4.96. The van der Waals surface area contributed by atoms with Crippen molar-refractivity contribution in [1.29, 1.82) is 0 Å². The molecule has 1 amide bonds. The molecule has 0 spiro atoms. The molecule has 118 valence electrons. The molecule has 1 saturated heterocycles. The lowest BCUT2D eigenvalue weighted by Crippen LogP contribution is -2.51. The largest absolute Gasteiger partial charge is 0.333 e. The molecule has 0 aliphatic carbocycles. The van der Waals surface area contributed by atoms with E-state index in [1.165, 1.54) is 17.4 Å². The van der Waals surface area contributed by atoms with E-state index in [9.17, 15) is 13.2 Å². The van der Waals surface area contributed by atoms with Gasteiger partial charge >= 0.3 is 0 Å². The fraction of sp³-hybridized carbons (Fsp3) is 0.615. The molecule has 2 heterocycles. The highest BCUT2D eigenvalue weighted by Gasteiger charge is 2.32. The zero-order valence-electron chi connectivity index (χ0n) is 12.2. The quantitative estimate of drug-likeness (QED) is 0.858. The zero-order valence-corrected chi connectivity index (χ0v) is 13.8. The second kappa shape index (κ2) is 6.04. The molecule has 0 unspecified atom stereocenters. The molecule has 1 aliphatic heterocycles. The van der Waals surface area contributed by atoms with Crippen molar-refractivity contribution in [2.24, 2.45) is 16.8 Å². The first kappa shape index (κ1) is 16.4. The van der Waals surface area contributed by atoms with E-state index in [0.717, 1.165) is 12.8 Å². The average Bonchev–Trinajstić information content (AvgIpc) is 2.79. The van der Waals surface area contributed by atoms with E-state index in [1.807, 2.05) is 0 Å².